The second kappa shape index (κ2) is 11.0. The van der Waals surface area contributed by atoms with Gasteiger partial charge in [-0.2, -0.15) is 0 Å². The summed E-state index contributed by atoms with van der Waals surface area (Å²) < 4.78 is 10.1. The van der Waals surface area contributed by atoms with E-state index in [1.807, 2.05) is 6.92 Å². The van der Waals surface area contributed by atoms with Crippen LogP contribution in [-0.4, -0.2) is 38.1 Å². The zero-order valence-electron chi connectivity index (χ0n) is 7.25. The molecule has 0 spiro atoms. The van der Waals surface area contributed by atoms with Crippen molar-refractivity contribution in [3.8, 4) is 0 Å². The van der Waals surface area contributed by atoms with Crippen LogP contribution in [0, 0.1) is 0 Å². The van der Waals surface area contributed by atoms with Crippen LogP contribution in [0.15, 0.2) is 0 Å². The van der Waals surface area contributed by atoms with Gasteiger partial charge in [0.2, 0.25) is 0 Å². The van der Waals surface area contributed by atoms with Crippen molar-refractivity contribution in [3.05, 3.63) is 0 Å². The summed E-state index contributed by atoms with van der Waals surface area (Å²) >= 11 is 0. The van der Waals surface area contributed by atoms with E-state index in [1.54, 1.807) is 7.11 Å². The third-order valence-electron chi connectivity index (χ3n) is 1.33. The van der Waals surface area contributed by atoms with Gasteiger partial charge in [0.1, 0.15) is 0 Å². The molecule has 0 fully saturated rings. The summed E-state index contributed by atoms with van der Waals surface area (Å²) in [4.78, 5) is 0. The Balaban J connectivity index is 0. The minimum atomic E-state index is 0. The smallest absolute Gasteiger partial charge is 0.0802 e. The number of aliphatic hydroxyl groups excluding tert-OH is 1. The first-order chi connectivity index (χ1) is 4.85. The molecule has 0 amide bonds. The van der Waals surface area contributed by atoms with Crippen molar-refractivity contribution in [1.82, 2.24) is 0 Å². The van der Waals surface area contributed by atoms with Gasteiger partial charge in [0.25, 0.3) is 0 Å². The third-order valence-corrected chi connectivity index (χ3v) is 1.33. The Morgan fingerprint density at radius 1 is 1.45 bits per heavy atom. The van der Waals surface area contributed by atoms with Crippen LogP contribution >= 0.6 is 0 Å². The van der Waals surface area contributed by atoms with Crippen molar-refractivity contribution in [2.24, 2.45) is 0 Å². The van der Waals surface area contributed by atoms with Gasteiger partial charge >= 0.3 is 0 Å². The fourth-order valence-corrected chi connectivity index (χ4v) is 0.632. The molecule has 0 aliphatic heterocycles. The van der Waals surface area contributed by atoms with Gasteiger partial charge in [-0.15, -0.1) is 0 Å². The van der Waals surface area contributed by atoms with Crippen LogP contribution in [-0.2, 0) is 42.2 Å². The van der Waals surface area contributed by atoms with Crippen molar-refractivity contribution in [2.75, 3.05) is 26.9 Å². The third kappa shape index (κ3) is 8.89. The average Bonchev–Trinajstić information content (AvgIpc) is 1.99. The second-order valence-electron chi connectivity index (χ2n) is 2.06. The van der Waals surface area contributed by atoms with Crippen molar-refractivity contribution in [2.45, 2.75) is 19.4 Å². The van der Waals surface area contributed by atoms with Crippen molar-refractivity contribution < 1.29 is 47.3 Å². The molecular weight excluding hydrogens is 221 g/mol. The van der Waals surface area contributed by atoms with Gasteiger partial charge in [-0.25, -0.2) is 0 Å². The first-order valence-electron chi connectivity index (χ1n) is 3.56. The topological polar surface area (TPSA) is 38.7 Å². The van der Waals surface area contributed by atoms with Crippen LogP contribution in [0.3, 0.4) is 0 Å². The number of hydrogen-bond acceptors (Lipinski definition) is 3. The Kier molecular flexibility index (Phi) is 14.5. The molecule has 1 N–H and O–H groups in total. The molecule has 3 nitrogen and oxygen atoms in total. The van der Waals surface area contributed by atoms with E-state index in [4.69, 9.17) is 14.6 Å². The zero-order chi connectivity index (χ0) is 7.82. The standard InChI is InChI=1S/C7H16O3.Y/c1-3-7(9-2)6-10-5-4-8;/h7-8H,3-6H2,1-2H3;. The van der Waals surface area contributed by atoms with E-state index >= 15 is 0 Å². The molecule has 1 atom stereocenters. The minimum Gasteiger partial charge on any atom is -0.394 e. The summed E-state index contributed by atoms with van der Waals surface area (Å²) in [6.07, 6.45) is 1.12. The summed E-state index contributed by atoms with van der Waals surface area (Å²) in [5, 5.41) is 8.36. The Labute approximate surface area is 93.3 Å². The van der Waals surface area contributed by atoms with Crippen molar-refractivity contribution in [3.63, 3.8) is 0 Å². The molecule has 0 aliphatic rings. The van der Waals surface area contributed by atoms with E-state index < -0.39 is 0 Å². The largest absolute Gasteiger partial charge is 0.394 e. The summed E-state index contributed by atoms with van der Waals surface area (Å²) in [5.74, 6) is 0. The molecule has 0 aliphatic carbocycles. The van der Waals surface area contributed by atoms with Crippen molar-refractivity contribution in [1.29, 1.82) is 0 Å². The normalized spacial score (nSPS) is 12.3. The summed E-state index contributed by atoms with van der Waals surface area (Å²) in [5.41, 5.74) is 0. The van der Waals surface area contributed by atoms with E-state index in [1.165, 1.54) is 0 Å². The summed E-state index contributed by atoms with van der Waals surface area (Å²) in [7, 11) is 1.66. The SMILES string of the molecule is CCC(COCCO)OC.[Y]. The second-order valence-corrected chi connectivity index (χ2v) is 2.06. The first-order valence-corrected chi connectivity index (χ1v) is 3.56. The van der Waals surface area contributed by atoms with E-state index in [9.17, 15) is 0 Å². The zero-order valence-corrected chi connectivity index (χ0v) is 10.1. The Morgan fingerprint density at radius 3 is 2.45 bits per heavy atom. The molecule has 4 heteroatoms. The van der Waals surface area contributed by atoms with Crippen LogP contribution < -0.4 is 0 Å². The molecule has 0 heterocycles. The number of aliphatic hydroxyl groups is 1. The van der Waals surface area contributed by atoms with Crippen LogP contribution in [0.4, 0.5) is 0 Å². The molecule has 0 saturated heterocycles. The van der Waals surface area contributed by atoms with Gasteiger partial charge in [0.05, 0.1) is 25.9 Å². The first kappa shape index (κ1) is 14.5. The minimum absolute atomic E-state index is 0. The van der Waals surface area contributed by atoms with Crippen molar-refractivity contribution >= 4 is 0 Å². The van der Waals surface area contributed by atoms with Crippen LogP contribution in [0.25, 0.3) is 0 Å². The Bertz CT molecular complexity index is 66.7. The fourth-order valence-electron chi connectivity index (χ4n) is 0.632. The van der Waals surface area contributed by atoms with Crippen LogP contribution in [0.5, 0.6) is 0 Å². The molecule has 0 aromatic heterocycles. The summed E-state index contributed by atoms with van der Waals surface area (Å²) in [6, 6.07) is 0. The molecule has 0 aromatic carbocycles. The van der Waals surface area contributed by atoms with Gasteiger partial charge in [-0.3, -0.25) is 0 Å². The van der Waals surface area contributed by atoms with Gasteiger partial charge in [0, 0.05) is 39.8 Å². The fraction of sp³-hybridized carbons (Fsp3) is 1.00. The average molecular weight is 237 g/mol. The molecule has 0 saturated carbocycles. The molecular formula is C7H16O3Y. The predicted molar refractivity (Wildman–Crippen MR) is 39.0 cm³/mol. The monoisotopic (exact) mass is 237 g/mol. The number of hydrogen-bond donors (Lipinski definition) is 1. The predicted octanol–water partition coefficient (Wildman–Crippen LogP) is 0.418. The van der Waals surface area contributed by atoms with Gasteiger partial charge in [-0.1, -0.05) is 6.92 Å². The number of ether oxygens (including phenoxy) is 2. The summed E-state index contributed by atoms with van der Waals surface area (Å²) in [6.45, 7) is 3.10. The van der Waals surface area contributed by atoms with E-state index in [0.29, 0.717) is 13.2 Å². The van der Waals surface area contributed by atoms with E-state index in [-0.39, 0.29) is 45.4 Å². The molecule has 1 radical (unpaired) electrons. The molecule has 0 bridgehead atoms. The van der Waals surface area contributed by atoms with Crippen LogP contribution in [0.1, 0.15) is 13.3 Å². The maximum Gasteiger partial charge on any atom is 0.0802 e. The maximum atomic E-state index is 8.36. The Hall–Kier alpha value is 0.984. The number of methoxy groups -OCH3 is 1. The van der Waals surface area contributed by atoms with Gasteiger partial charge in [-0.05, 0) is 6.42 Å². The molecule has 0 rings (SSSR count). The van der Waals surface area contributed by atoms with E-state index in [2.05, 4.69) is 0 Å². The quantitative estimate of drug-likeness (QED) is 0.680. The van der Waals surface area contributed by atoms with Crippen LogP contribution in [0.2, 0.25) is 0 Å². The van der Waals surface area contributed by atoms with Gasteiger partial charge in [0.15, 0.2) is 0 Å². The Morgan fingerprint density at radius 2 is 2.09 bits per heavy atom. The molecule has 11 heavy (non-hydrogen) atoms. The molecule has 1 unspecified atom stereocenters. The maximum absolute atomic E-state index is 8.36. The molecule has 0 aromatic rings. The number of rotatable bonds is 6. The van der Waals surface area contributed by atoms with Gasteiger partial charge < -0.3 is 14.6 Å². The van der Waals surface area contributed by atoms with E-state index in [0.717, 1.165) is 6.42 Å². The molecule has 65 valence electrons.